The molecular formula is C21H34N6O2+2. The van der Waals surface area contributed by atoms with Crippen molar-refractivity contribution in [2.24, 2.45) is 0 Å². The van der Waals surface area contributed by atoms with Gasteiger partial charge in [-0.25, -0.2) is 4.68 Å². The van der Waals surface area contributed by atoms with Crippen LogP contribution in [0, 0.1) is 0 Å². The number of piperazine rings is 1. The fourth-order valence-corrected chi connectivity index (χ4v) is 4.44. The third kappa shape index (κ3) is 4.09. The fourth-order valence-electron chi connectivity index (χ4n) is 4.44. The molecule has 1 fully saturated rings. The van der Waals surface area contributed by atoms with Gasteiger partial charge in [0.1, 0.15) is 38.8 Å². The van der Waals surface area contributed by atoms with Crippen molar-refractivity contribution in [2.75, 3.05) is 33.0 Å². The van der Waals surface area contributed by atoms with Gasteiger partial charge >= 0.3 is 0 Å². The maximum atomic E-state index is 5.52. The van der Waals surface area contributed by atoms with E-state index in [1.165, 1.54) is 5.56 Å². The smallest absolute Gasteiger partial charge is 0.231 e. The number of benzene rings is 1. The van der Waals surface area contributed by atoms with E-state index in [0.29, 0.717) is 12.8 Å². The van der Waals surface area contributed by atoms with E-state index < -0.39 is 0 Å². The molecule has 0 saturated carbocycles. The summed E-state index contributed by atoms with van der Waals surface area (Å²) in [5.41, 5.74) is 1.26. The standard InChI is InChI=1S/C21H32N6O2/c1-5-17(20-22-23-24-27(20)21(3,4)6-2)26-11-9-25(10-12-26)14-16-7-8-18-19(13-16)29-15-28-18/h7-8,13,17H,5-6,9-12,14-15H2,1-4H3/p+2/t17-/m1/s1. The summed E-state index contributed by atoms with van der Waals surface area (Å²) in [4.78, 5) is 3.22. The molecule has 0 spiro atoms. The summed E-state index contributed by atoms with van der Waals surface area (Å²) in [7, 11) is 0. The van der Waals surface area contributed by atoms with Gasteiger partial charge < -0.3 is 19.3 Å². The fraction of sp³-hybridized carbons (Fsp3) is 0.667. The summed E-state index contributed by atoms with van der Waals surface area (Å²) in [6, 6.07) is 6.67. The lowest BCUT2D eigenvalue weighted by molar-refractivity contribution is -1.03. The van der Waals surface area contributed by atoms with Crippen LogP contribution in [-0.2, 0) is 12.1 Å². The van der Waals surface area contributed by atoms with Crippen molar-refractivity contribution >= 4 is 0 Å². The Balaban J connectivity index is 1.39. The van der Waals surface area contributed by atoms with E-state index in [2.05, 4.69) is 60.0 Å². The summed E-state index contributed by atoms with van der Waals surface area (Å²) in [6.07, 6.45) is 2.05. The molecule has 2 aliphatic rings. The van der Waals surface area contributed by atoms with Crippen LogP contribution in [0.5, 0.6) is 11.5 Å². The largest absolute Gasteiger partial charge is 0.454 e. The first-order valence-electron chi connectivity index (χ1n) is 10.9. The number of ether oxygens (including phenoxy) is 2. The first-order chi connectivity index (χ1) is 14.0. The zero-order chi connectivity index (χ0) is 20.4. The van der Waals surface area contributed by atoms with Gasteiger partial charge in [-0.05, 0) is 48.9 Å². The number of tetrazole rings is 1. The number of nitrogens with one attached hydrogen (secondary N) is 2. The number of hydrogen-bond donors (Lipinski definition) is 2. The van der Waals surface area contributed by atoms with Crippen LogP contribution in [0.4, 0.5) is 0 Å². The summed E-state index contributed by atoms with van der Waals surface area (Å²) in [6.45, 7) is 14.8. The van der Waals surface area contributed by atoms with Crippen LogP contribution in [0.3, 0.4) is 0 Å². The van der Waals surface area contributed by atoms with Crippen molar-refractivity contribution in [1.29, 1.82) is 0 Å². The van der Waals surface area contributed by atoms with Gasteiger partial charge in [-0.1, -0.05) is 13.8 Å². The van der Waals surface area contributed by atoms with Crippen molar-refractivity contribution in [2.45, 2.75) is 58.7 Å². The molecule has 2 aromatic rings. The Bertz CT molecular complexity index is 828. The topological polar surface area (TPSA) is 70.9 Å². The molecule has 0 aliphatic carbocycles. The van der Waals surface area contributed by atoms with Crippen molar-refractivity contribution < 1.29 is 19.3 Å². The molecule has 158 valence electrons. The van der Waals surface area contributed by atoms with Crippen molar-refractivity contribution in [3.05, 3.63) is 29.6 Å². The van der Waals surface area contributed by atoms with E-state index >= 15 is 0 Å². The Morgan fingerprint density at radius 1 is 1.10 bits per heavy atom. The molecule has 1 aromatic heterocycles. The van der Waals surface area contributed by atoms with Crippen LogP contribution in [-0.4, -0.2) is 53.2 Å². The average molecular weight is 403 g/mol. The third-order valence-corrected chi connectivity index (χ3v) is 6.64. The Morgan fingerprint density at radius 3 is 2.59 bits per heavy atom. The predicted octanol–water partition coefficient (Wildman–Crippen LogP) is -0.0184. The van der Waals surface area contributed by atoms with Crippen molar-refractivity contribution in [1.82, 2.24) is 20.2 Å². The highest BCUT2D eigenvalue weighted by Crippen LogP contribution is 2.32. The summed E-state index contributed by atoms with van der Waals surface area (Å²) < 4.78 is 13.0. The van der Waals surface area contributed by atoms with Gasteiger partial charge in [0.05, 0.1) is 5.54 Å². The maximum absolute atomic E-state index is 5.52. The van der Waals surface area contributed by atoms with Crippen LogP contribution in [0.1, 0.15) is 58.0 Å². The monoisotopic (exact) mass is 402 g/mol. The predicted molar refractivity (Wildman–Crippen MR) is 108 cm³/mol. The number of hydrogen-bond acceptors (Lipinski definition) is 5. The molecule has 8 heteroatoms. The number of quaternary nitrogens is 2. The molecule has 0 unspecified atom stereocenters. The highest BCUT2D eigenvalue weighted by molar-refractivity contribution is 5.44. The summed E-state index contributed by atoms with van der Waals surface area (Å²) >= 11 is 0. The Labute approximate surface area is 172 Å². The quantitative estimate of drug-likeness (QED) is 0.681. The van der Waals surface area contributed by atoms with E-state index in [0.717, 1.165) is 62.9 Å². The van der Waals surface area contributed by atoms with Crippen LogP contribution in [0.2, 0.25) is 0 Å². The molecule has 2 aliphatic heterocycles. The zero-order valence-corrected chi connectivity index (χ0v) is 18.1. The zero-order valence-electron chi connectivity index (χ0n) is 18.1. The van der Waals surface area contributed by atoms with E-state index in [1.807, 2.05) is 6.07 Å². The molecule has 0 radical (unpaired) electrons. The molecule has 2 N–H and O–H groups in total. The summed E-state index contributed by atoms with van der Waals surface area (Å²) in [5.74, 6) is 2.77. The van der Waals surface area contributed by atoms with Gasteiger partial charge in [-0.3, -0.25) is 0 Å². The highest BCUT2D eigenvalue weighted by atomic mass is 16.7. The second kappa shape index (κ2) is 8.28. The normalized spacial score (nSPS) is 22.6. The molecule has 1 aromatic carbocycles. The van der Waals surface area contributed by atoms with Crippen LogP contribution < -0.4 is 19.3 Å². The van der Waals surface area contributed by atoms with Gasteiger partial charge in [0.25, 0.3) is 0 Å². The van der Waals surface area contributed by atoms with Crippen molar-refractivity contribution in [3.8, 4) is 11.5 Å². The Kier molecular flexibility index (Phi) is 5.74. The van der Waals surface area contributed by atoms with Crippen LogP contribution >= 0.6 is 0 Å². The van der Waals surface area contributed by atoms with Crippen LogP contribution in [0.25, 0.3) is 0 Å². The lowest BCUT2D eigenvalue weighted by Crippen LogP contribution is -3.27. The summed E-state index contributed by atoms with van der Waals surface area (Å²) in [5, 5.41) is 12.8. The molecule has 4 rings (SSSR count). The minimum absolute atomic E-state index is 0.0574. The number of fused-ring (bicyclic) bond motifs is 1. The molecule has 3 heterocycles. The van der Waals surface area contributed by atoms with Gasteiger partial charge in [0, 0.05) is 12.0 Å². The molecule has 0 amide bonds. The second-order valence-electron chi connectivity index (χ2n) is 8.85. The maximum Gasteiger partial charge on any atom is 0.231 e. The molecule has 8 nitrogen and oxygen atoms in total. The van der Waals surface area contributed by atoms with Crippen LogP contribution in [0.15, 0.2) is 18.2 Å². The number of rotatable bonds is 7. The van der Waals surface area contributed by atoms with Gasteiger partial charge in [-0.15, -0.1) is 5.10 Å². The van der Waals surface area contributed by atoms with Gasteiger partial charge in [-0.2, -0.15) is 0 Å². The number of aromatic nitrogens is 4. The first kappa shape index (κ1) is 20.1. The molecule has 0 bridgehead atoms. The van der Waals surface area contributed by atoms with E-state index in [4.69, 9.17) is 9.47 Å². The molecule has 1 saturated heterocycles. The molecule has 29 heavy (non-hydrogen) atoms. The van der Waals surface area contributed by atoms with Gasteiger partial charge in [0.15, 0.2) is 11.5 Å². The average Bonchev–Trinajstić information content (AvgIpc) is 3.39. The SMILES string of the molecule is CC[C@H](c1nnnn1C(C)(C)CC)[NH+]1CC[NH+](Cc2ccc3c(c2)OCO3)CC1. The lowest BCUT2D eigenvalue weighted by atomic mass is 10.0. The molecule has 1 atom stereocenters. The second-order valence-corrected chi connectivity index (χ2v) is 8.85. The first-order valence-corrected chi connectivity index (χ1v) is 10.9. The third-order valence-electron chi connectivity index (χ3n) is 6.64. The Morgan fingerprint density at radius 2 is 1.86 bits per heavy atom. The Hall–Kier alpha value is -2.19. The van der Waals surface area contributed by atoms with Crippen molar-refractivity contribution in [3.63, 3.8) is 0 Å². The van der Waals surface area contributed by atoms with E-state index in [9.17, 15) is 0 Å². The molecular weight excluding hydrogens is 368 g/mol. The minimum Gasteiger partial charge on any atom is -0.454 e. The highest BCUT2D eigenvalue weighted by Gasteiger charge is 2.35. The number of nitrogens with zero attached hydrogens (tertiary/aromatic N) is 4. The van der Waals surface area contributed by atoms with E-state index in [-0.39, 0.29) is 5.54 Å². The van der Waals surface area contributed by atoms with Gasteiger partial charge in [0.2, 0.25) is 12.6 Å². The lowest BCUT2D eigenvalue weighted by Gasteiger charge is -2.35. The minimum atomic E-state index is -0.0574. The van der Waals surface area contributed by atoms with E-state index in [1.54, 1.807) is 9.80 Å².